The van der Waals surface area contributed by atoms with E-state index in [1.165, 1.54) is 16.2 Å². The highest BCUT2D eigenvalue weighted by molar-refractivity contribution is 7.10. The van der Waals surface area contributed by atoms with Gasteiger partial charge in [-0.05, 0) is 65.9 Å². The number of rotatable bonds is 7. The third-order valence-corrected chi connectivity index (χ3v) is 7.00. The van der Waals surface area contributed by atoms with Gasteiger partial charge in [-0.25, -0.2) is 0 Å². The second-order valence-corrected chi connectivity index (χ2v) is 9.58. The van der Waals surface area contributed by atoms with Gasteiger partial charge in [0, 0.05) is 29.4 Å². The SMILES string of the molecule is Cc1cccc(COc2ccc(/C(O)=C3\C(=O)C(=O)N(Cc4ccncc4)C3c3cccs3)cc2)c1. The number of aliphatic hydroxyl groups is 1. The van der Waals surface area contributed by atoms with Crippen molar-refractivity contribution >= 4 is 28.8 Å². The van der Waals surface area contributed by atoms with Crippen molar-refractivity contribution in [3.8, 4) is 5.75 Å². The minimum Gasteiger partial charge on any atom is -0.507 e. The van der Waals surface area contributed by atoms with Crippen LogP contribution in [0.4, 0.5) is 0 Å². The third-order valence-electron chi connectivity index (χ3n) is 6.07. The van der Waals surface area contributed by atoms with E-state index in [9.17, 15) is 14.7 Å². The Labute approximate surface area is 213 Å². The number of aromatic nitrogens is 1. The number of Topliss-reactive ketones (excluding diaryl/α,β-unsaturated/α-hetero) is 1. The largest absolute Gasteiger partial charge is 0.507 e. The van der Waals surface area contributed by atoms with Crippen LogP contribution in [0.2, 0.25) is 0 Å². The highest BCUT2D eigenvalue weighted by Crippen LogP contribution is 2.42. The molecule has 1 unspecified atom stereocenters. The first-order valence-electron chi connectivity index (χ1n) is 11.5. The summed E-state index contributed by atoms with van der Waals surface area (Å²) in [6, 6.07) is 21.7. The van der Waals surface area contributed by atoms with Gasteiger partial charge in [-0.3, -0.25) is 14.6 Å². The van der Waals surface area contributed by atoms with E-state index in [1.807, 2.05) is 42.6 Å². The van der Waals surface area contributed by atoms with E-state index in [0.717, 1.165) is 21.6 Å². The van der Waals surface area contributed by atoms with Gasteiger partial charge in [0.05, 0.1) is 11.6 Å². The van der Waals surface area contributed by atoms with Gasteiger partial charge in [0.15, 0.2) is 0 Å². The Morgan fingerprint density at radius 1 is 1.00 bits per heavy atom. The van der Waals surface area contributed by atoms with Crippen LogP contribution in [0, 0.1) is 6.92 Å². The zero-order valence-corrected chi connectivity index (χ0v) is 20.4. The molecule has 4 aromatic rings. The lowest BCUT2D eigenvalue weighted by Crippen LogP contribution is -2.28. The molecule has 2 aromatic carbocycles. The third kappa shape index (κ3) is 4.78. The van der Waals surface area contributed by atoms with Crippen molar-refractivity contribution in [2.75, 3.05) is 0 Å². The van der Waals surface area contributed by atoms with Gasteiger partial charge in [0.25, 0.3) is 11.7 Å². The average Bonchev–Trinajstić information content (AvgIpc) is 3.51. The van der Waals surface area contributed by atoms with E-state index in [2.05, 4.69) is 11.1 Å². The summed E-state index contributed by atoms with van der Waals surface area (Å²) < 4.78 is 5.88. The lowest BCUT2D eigenvalue weighted by atomic mass is 9.99. The molecule has 0 aliphatic carbocycles. The number of likely N-dealkylation sites (tertiary alicyclic amines) is 1. The standard InChI is InChI=1S/C29H24N2O4S/c1-19-4-2-5-21(16-19)18-35-23-9-7-22(8-10-23)27(32)25-26(24-6-3-15-36-24)31(29(34)28(25)33)17-20-11-13-30-14-12-20/h2-16,26,32H,17-18H2,1H3/b27-25+. The molecule has 1 atom stereocenters. The number of carbonyl (C=O) groups excluding carboxylic acids is 2. The number of hydrogen-bond acceptors (Lipinski definition) is 6. The van der Waals surface area contributed by atoms with Crippen molar-refractivity contribution in [3.63, 3.8) is 0 Å². The zero-order chi connectivity index (χ0) is 25.1. The first-order valence-corrected chi connectivity index (χ1v) is 12.4. The normalized spacial score (nSPS) is 16.9. The van der Waals surface area contributed by atoms with Crippen molar-refractivity contribution in [2.24, 2.45) is 0 Å². The lowest BCUT2D eigenvalue weighted by Gasteiger charge is -2.24. The lowest BCUT2D eigenvalue weighted by molar-refractivity contribution is -0.140. The number of ether oxygens (including phenoxy) is 1. The molecule has 1 aliphatic heterocycles. The summed E-state index contributed by atoms with van der Waals surface area (Å²) in [5.74, 6) is -0.889. The molecule has 0 radical (unpaired) electrons. The van der Waals surface area contributed by atoms with Gasteiger partial charge in [0.1, 0.15) is 18.1 Å². The van der Waals surface area contributed by atoms with Crippen LogP contribution in [0.5, 0.6) is 5.75 Å². The summed E-state index contributed by atoms with van der Waals surface area (Å²) in [4.78, 5) is 32.5. The maximum Gasteiger partial charge on any atom is 0.295 e. The fraction of sp³-hybridized carbons (Fsp3) is 0.138. The molecule has 180 valence electrons. The average molecular weight is 497 g/mol. The number of benzene rings is 2. The van der Waals surface area contributed by atoms with E-state index in [1.54, 1.807) is 48.8 Å². The number of amides is 1. The number of aliphatic hydroxyl groups excluding tert-OH is 1. The highest BCUT2D eigenvalue weighted by Gasteiger charge is 2.46. The monoisotopic (exact) mass is 496 g/mol. The quantitative estimate of drug-likeness (QED) is 0.203. The summed E-state index contributed by atoms with van der Waals surface area (Å²) in [6.07, 6.45) is 3.29. The van der Waals surface area contributed by atoms with Gasteiger partial charge >= 0.3 is 0 Å². The molecule has 1 aliphatic rings. The van der Waals surface area contributed by atoms with Crippen LogP contribution in [0.15, 0.2) is 96.1 Å². The summed E-state index contributed by atoms with van der Waals surface area (Å²) in [5, 5.41) is 13.1. The maximum absolute atomic E-state index is 13.1. The second kappa shape index (κ2) is 10.2. The molecule has 5 rings (SSSR count). The molecule has 0 saturated carbocycles. The maximum atomic E-state index is 13.1. The molecule has 0 spiro atoms. The van der Waals surface area contributed by atoms with E-state index in [0.29, 0.717) is 17.9 Å². The van der Waals surface area contributed by atoms with Crippen LogP contribution >= 0.6 is 11.3 Å². The highest BCUT2D eigenvalue weighted by atomic mass is 32.1. The van der Waals surface area contributed by atoms with Gasteiger partial charge in [-0.15, -0.1) is 11.3 Å². The number of pyridine rings is 1. The number of carbonyl (C=O) groups is 2. The molecule has 6 nitrogen and oxygen atoms in total. The molecule has 36 heavy (non-hydrogen) atoms. The Hall–Kier alpha value is -4.23. The molecule has 0 bridgehead atoms. The number of nitrogens with zero attached hydrogens (tertiary/aromatic N) is 2. The van der Waals surface area contributed by atoms with E-state index in [-0.39, 0.29) is 17.9 Å². The van der Waals surface area contributed by atoms with Crippen LogP contribution in [0.25, 0.3) is 5.76 Å². The van der Waals surface area contributed by atoms with Crippen molar-refractivity contribution in [1.82, 2.24) is 9.88 Å². The minimum atomic E-state index is -0.695. The van der Waals surface area contributed by atoms with Crippen molar-refractivity contribution in [3.05, 3.63) is 123 Å². The predicted octanol–water partition coefficient (Wildman–Crippen LogP) is 5.65. The van der Waals surface area contributed by atoms with Gasteiger partial charge in [0.2, 0.25) is 0 Å². The topological polar surface area (TPSA) is 79.7 Å². The fourth-order valence-electron chi connectivity index (χ4n) is 4.30. The Kier molecular flexibility index (Phi) is 6.64. The van der Waals surface area contributed by atoms with Gasteiger partial charge in [-0.1, -0.05) is 35.9 Å². The van der Waals surface area contributed by atoms with E-state index < -0.39 is 17.7 Å². The Bertz CT molecular complexity index is 1410. The fourth-order valence-corrected chi connectivity index (χ4v) is 5.15. The van der Waals surface area contributed by atoms with E-state index in [4.69, 9.17) is 4.74 Å². The van der Waals surface area contributed by atoms with Crippen LogP contribution in [0.1, 0.15) is 33.2 Å². The molecule has 2 aromatic heterocycles. The van der Waals surface area contributed by atoms with Crippen LogP contribution in [0.3, 0.4) is 0 Å². The number of thiophene rings is 1. The number of aryl methyl sites for hydroxylation is 1. The summed E-state index contributed by atoms with van der Waals surface area (Å²) >= 11 is 1.44. The first-order chi connectivity index (χ1) is 17.5. The van der Waals surface area contributed by atoms with E-state index >= 15 is 0 Å². The summed E-state index contributed by atoms with van der Waals surface area (Å²) in [7, 11) is 0. The van der Waals surface area contributed by atoms with Gasteiger partial charge < -0.3 is 14.7 Å². The summed E-state index contributed by atoms with van der Waals surface area (Å²) in [6.45, 7) is 2.69. The molecule has 1 amide bonds. The molecule has 1 saturated heterocycles. The Morgan fingerprint density at radius 2 is 1.78 bits per heavy atom. The smallest absolute Gasteiger partial charge is 0.295 e. The molecule has 7 heteroatoms. The zero-order valence-electron chi connectivity index (χ0n) is 19.6. The Morgan fingerprint density at radius 3 is 2.47 bits per heavy atom. The molecule has 1 N–H and O–H groups in total. The molecular weight excluding hydrogens is 472 g/mol. The first kappa shape index (κ1) is 23.5. The Balaban J connectivity index is 1.43. The van der Waals surface area contributed by atoms with Crippen molar-refractivity contribution in [1.29, 1.82) is 0 Å². The molecule has 3 heterocycles. The van der Waals surface area contributed by atoms with Crippen LogP contribution < -0.4 is 4.74 Å². The van der Waals surface area contributed by atoms with Crippen LogP contribution in [-0.4, -0.2) is 26.7 Å². The molecular formula is C29H24N2O4S. The molecule has 1 fully saturated rings. The van der Waals surface area contributed by atoms with Crippen molar-refractivity contribution in [2.45, 2.75) is 26.1 Å². The number of ketones is 1. The van der Waals surface area contributed by atoms with Crippen molar-refractivity contribution < 1.29 is 19.4 Å². The van der Waals surface area contributed by atoms with Gasteiger partial charge in [-0.2, -0.15) is 0 Å². The number of hydrogen-bond donors (Lipinski definition) is 1. The van der Waals surface area contributed by atoms with Crippen LogP contribution in [-0.2, 0) is 22.7 Å². The summed E-state index contributed by atoms with van der Waals surface area (Å²) in [5.41, 5.74) is 3.61. The predicted molar refractivity (Wildman–Crippen MR) is 138 cm³/mol. The minimum absolute atomic E-state index is 0.0879. The second-order valence-electron chi connectivity index (χ2n) is 8.60.